The second-order valence-electron chi connectivity index (χ2n) is 5.62. The number of rotatable bonds is 7. The highest BCUT2D eigenvalue weighted by Crippen LogP contribution is 2.24. The highest BCUT2D eigenvalue weighted by Gasteiger charge is 2.30. The lowest BCUT2D eigenvalue weighted by Gasteiger charge is -2.08. The first kappa shape index (κ1) is 16.6. The van der Waals surface area contributed by atoms with E-state index in [0.29, 0.717) is 13.0 Å². The normalized spacial score (nSPS) is 16.9. The van der Waals surface area contributed by atoms with E-state index in [9.17, 15) is 9.59 Å². The van der Waals surface area contributed by atoms with E-state index < -0.39 is 0 Å². The highest BCUT2D eigenvalue weighted by atomic mass is 32.2. The van der Waals surface area contributed by atoms with Gasteiger partial charge in [0.15, 0.2) is 0 Å². The average molecular weight is 341 g/mol. The Morgan fingerprint density at radius 1 is 0.917 bits per heavy atom. The fraction of sp³-hybridized carbons (Fsp3) is 0.263. The molecule has 1 saturated heterocycles. The SMILES string of the molecule is O=C1NC(=O)C(CCCCOc2ccc(-c3ccccc3)cc2)S1. The molecule has 0 radical (unpaired) electrons. The van der Waals surface area contributed by atoms with Crippen LogP contribution >= 0.6 is 11.8 Å². The molecule has 1 aliphatic rings. The van der Waals surface area contributed by atoms with Gasteiger partial charge < -0.3 is 4.74 Å². The van der Waals surface area contributed by atoms with Gasteiger partial charge in [0.1, 0.15) is 5.75 Å². The number of imide groups is 1. The Labute approximate surface area is 145 Å². The zero-order chi connectivity index (χ0) is 16.8. The summed E-state index contributed by atoms with van der Waals surface area (Å²) in [5, 5.41) is 1.84. The molecule has 3 rings (SSSR count). The maximum Gasteiger partial charge on any atom is 0.286 e. The summed E-state index contributed by atoms with van der Waals surface area (Å²) in [6, 6.07) is 18.3. The lowest BCUT2D eigenvalue weighted by molar-refractivity contribution is -0.119. The predicted molar refractivity (Wildman–Crippen MR) is 96.1 cm³/mol. The van der Waals surface area contributed by atoms with Crippen LogP contribution in [0.5, 0.6) is 5.75 Å². The van der Waals surface area contributed by atoms with Gasteiger partial charge in [0.05, 0.1) is 11.9 Å². The number of hydrogen-bond donors (Lipinski definition) is 1. The zero-order valence-electron chi connectivity index (χ0n) is 13.2. The molecule has 5 heteroatoms. The summed E-state index contributed by atoms with van der Waals surface area (Å²) < 4.78 is 5.74. The first-order valence-corrected chi connectivity index (χ1v) is 8.90. The van der Waals surface area contributed by atoms with E-state index in [1.165, 1.54) is 5.56 Å². The molecule has 1 heterocycles. The number of hydrogen-bond acceptors (Lipinski definition) is 4. The first-order chi connectivity index (χ1) is 11.7. The van der Waals surface area contributed by atoms with Crippen LogP contribution in [0, 0.1) is 0 Å². The molecule has 2 amide bonds. The van der Waals surface area contributed by atoms with Crippen molar-refractivity contribution in [3.8, 4) is 16.9 Å². The fourth-order valence-corrected chi connectivity index (χ4v) is 3.45. The molecule has 24 heavy (non-hydrogen) atoms. The molecule has 0 aliphatic carbocycles. The molecule has 0 saturated carbocycles. The van der Waals surface area contributed by atoms with Crippen molar-refractivity contribution in [3.05, 3.63) is 54.6 Å². The van der Waals surface area contributed by atoms with E-state index in [0.717, 1.165) is 35.9 Å². The Kier molecular flexibility index (Phi) is 5.54. The number of carbonyl (C=O) groups is 2. The molecule has 1 fully saturated rings. The molecule has 124 valence electrons. The quantitative estimate of drug-likeness (QED) is 0.765. The third kappa shape index (κ3) is 4.38. The van der Waals surface area contributed by atoms with Crippen molar-refractivity contribution in [2.24, 2.45) is 0 Å². The summed E-state index contributed by atoms with van der Waals surface area (Å²) in [5.41, 5.74) is 2.35. The topological polar surface area (TPSA) is 55.4 Å². The Bertz CT molecular complexity index is 700. The predicted octanol–water partition coefficient (Wildman–Crippen LogP) is 4.25. The molecule has 1 N–H and O–H groups in total. The van der Waals surface area contributed by atoms with Crippen LogP contribution in [0.4, 0.5) is 4.79 Å². The van der Waals surface area contributed by atoms with Crippen molar-refractivity contribution in [2.75, 3.05) is 6.61 Å². The van der Waals surface area contributed by atoms with Gasteiger partial charge in [-0.25, -0.2) is 0 Å². The third-order valence-corrected chi connectivity index (χ3v) is 4.91. The van der Waals surface area contributed by atoms with Crippen LogP contribution < -0.4 is 10.1 Å². The van der Waals surface area contributed by atoms with E-state index in [-0.39, 0.29) is 16.4 Å². The van der Waals surface area contributed by atoms with Crippen molar-refractivity contribution in [2.45, 2.75) is 24.5 Å². The minimum atomic E-state index is -0.236. The Morgan fingerprint density at radius 2 is 1.62 bits per heavy atom. The number of benzene rings is 2. The van der Waals surface area contributed by atoms with Crippen LogP contribution in [0.3, 0.4) is 0 Å². The number of unbranched alkanes of at least 4 members (excludes halogenated alkanes) is 1. The Hall–Kier alpha value is -2.27. The fourth-order valence-electron chi connectivity index (χ4n) is 2.58. The van der Waals surface area contributed by atoms with Gasteiger partial charge in [0, 0.05) is 0 Å². The summed E-state index contributed by atoms with van der Waals surface area (Å²) in [6.07, 6.45) is 2.43. The number of amides is 2. The number of nitrogens with one attached hydrogen (secondary N) is 1. The second kappa shape index (κ2) is 8.02. The molecule has 0 spiro atoms. The van der Waals surface area contributed by atoms with Crippen molar-refractivity contribution >= 4 is 22.9 Å². The summed E-state index contributed by atoms with van der Waals surface area (Å²) in [6.45, 7) is 0.609. The molecule has 2 aromatic carbocycles. The smallest absolute Gasteiger partial charge is 0.286 e. The number of ether oxygens (including phenoxy) is 1. The van der Waals surface area contributed by atoms with Crippen LogP contribution in [-0.4, -0.2) is 23.0 Å². The summed E-state index contributed by atoms with van der Waals surface area (Å²) in [5.74, 6) is 0.681. The summed E-state index contributed by atoms with van der Waals surface area (Å²) >= 11 is 1.09. The van der Waals surface area contributed by atoms with Gasteiger partial charge in [-0.3, -0.25) is 14.9 Å². The minimum absolute atomic E-state index is 0.164. The molecule has 4 nitrogen and oxygen atoms in total. The van der Waals surface area contributed by atoms with Gasteiger partial charge in [-0.1, -0.05) is 54.2 Å². The van der Waals surface area contributed by atoms with Gasteiger partial charge in [0.25, 0.3) is 5.24 Å². The van der Waals surface area contributed by atoms with Crippen molar-refractivity contribution in [1.82, 2.24) is 5.32 Å². The van der Waals surface area contributed by atoms with E-state index in [1.54, 1.807) is 0 Å². The number of thioether (sulfide) groups is 1. The maximum atomic E-state index is 11.4. The third-order valence-electron chi connectivity index (χ3n) is 3.86. The van der Waals surface area contributed by atoms with Crippen LogP contribution in [0.25, 0.3) is 11.1 Å². The maximum absolute atomic E-state index is 11.4. The highest BCUT2D eigenvalue weighted by molar-refractivity contribution is 8.15. The van der Waals surface area contributed by atoms with E-state index in [2.05, 4.69) is 29.6 Å². The average Bonchev–Trinajstić information content (AvgIpc) is 2.93. The molecule has 0 aromatic heterocycles. The Morgan fingerprint density at radius 3 is 2.29 bits per heavy atom. The summed E-state index contributed by atoms with van der Waals surface area (Å²) in [4.78, 5) is 22.5. The molecule has 1 aliphatic heterocycles. The van der Waals surface area contributed by atoms with Crippen LogP contribution in [-0.2, 0) is 4.79 Å². The molecule has 0 bridgehead atoms. The monoisotopic (exact) mass is 341 g/mol. The summed E-state index contributed by atoms with van der Waals surface area (Å²) in [7, 11) is 0. The lowest BCUT2D eigenvalue weighted by Crippen LogP contribution is -2.24. The standard InChI is InChI=1S/C19H19NO3S/c21-18-17(24-19(22)20-18)8-4-5-13-23-16-11-9-15(10-12-16)14-6-2-1-3-7-14/h1-3,6-7,9-12,17H,4-5,8,13H2,(H,20,21,22). The van der Waals surface area contributed by atoms with Gasteiger partial charge in [-0.2, -0.15) is 0 Å². The van der Waals surface area contributed by atoms with Gasteiger partial charge in [-0.15, -0.1) is 0 Å². The van der Waals surface area contributed by atoms with Crippen molar-refractivity contribution < 1.29 is 14.3 Å². The second-order valence-corrected chi connectivity index (χ2v) is 6.79. The Balaban J connectivity index is 1.39. The largest absolute Gasteiger partial charge is 0.494 e. The van der Waals surface area contributed by atoms with E-state index in [1.807, 2.05) is 30.3 Å². The van der Waals surface area contributed by atoms with Gasteiger partial charge in [-0.05, 0) is 42.5 Å². The van der Waals surface area contributed by atoms with Gasteiger partial charge >= 0.3 is 0 Å². The molecular formula is C19H19NO3S. The van der Waals surface area contributed by atoms with E-state index >= 15 is 0 Å². The van der Waals surface area contributed by atoms with Crippen LogP contribution in [0.2, 0.25) is 0 Å². The molecule has 2 aromatic rings. The van der Waals surface area contributed by atoms with Gasteiger partial charge in [0.2, 0.25) is 5.91 Å². The molecular weight excluding hydrogens is 322 g/mol. The molecule has 1 atom stereocenters. The van der Waals surface area contributed by atoms with Crippen LogP contribution in [0.1, 0.15) is 19.3 Å². The first-order valence-electron chi connectivity index (χ1n) is 8.02. The minimum Gasteiger partial charge on any atom is -0.494 e. The zero-order valence-corrected chi connectivity index (χ0v) is 14.1. The van der Waals surface area contributed by atoms with E-state index in [4.69, 9.17) is 4.74 Å². The van der Waals surface area contributed by atoms with Crippen LogP contribution in [0.15, 0.2) is 54.6 Å². The lowest BCUT2D eigenvalue weighted by atomic mass is 10.1. The van der Waals surface area contributed by atoms with Crippen molar-refractivity contribution in [1.29, 1.82) is 0 Å². The molecule has 1 unspecified atom stereocenters. The number of carbonyl (C=O) groups excluding carboxylic acids is 2. The van der Waals surface area contributed by atoms with Crippen molar-refractivity contribution in [3.63, 3.8) is 0 Å².